The maximum Gasteiger partial charge on any atom is 0.259 e. The number of nitrogens with zero attached hydrogens (tertiary/aromatic N) is 1. The van der Waals surface area contributed by atoms with E-state index in [2.05, 4.69) is 35.7 Å². The van der Waals surface area contributed by atoms with Gasteiger partial charge in [0.2, 0.25) is 0 Å². The van der Waals surface area contributed by atoms with Gasteiger partial charge >= 0.3 is 0 Å². The molecule has 0 saturated heterocycles. The highest BCUT2D eigenvalue weighted by Gasteiger charge is 2.21. The average molecular weight is 403 g/mol. The molecule has 0 fully saturated rings. The first-order chi connectivity index (χ1) is 10.5. The standard InChI is InChI=1S/C19H18INO/c1-14(2)13-21(15(3)16-9-5-4-6-10-16)19(22)17-11-7-8-12-18(17)20/h4-12H,1,3,13H2,2H3. The lowest BCUT2D eigenvalue weighted by atomic mass is 10.1. The third-order valence-corrected chi connectivity index (χ3v) is 4.15. The van der Waals surface area contributed by atoms with E-state index in [-0.39, 0.29) is 5.91 Å². The number of hydrogen-bond acceptors (Lipinski definition) is 1. The summed E-state index contributed by atoms with van der Waals surface area (Å²) in [6.07, 6.45) is 0. The van der Waals surface area contributed by atoms with Crippen LogP contribution < -0.4 is 0 Å². The molecule has 112 valence electrons. The highest BCUT2D eigenvalue weighted by atomic mass is 127. The second-order valence-electron chi connectivity index (χ2n) is 5.14. The molecule has 3 heteroatoms. The smallest absolute Gasteiger partial charge is 0.259 e. The zero-order chi connectivity index (χ0) is 16.1. The van der Waals surface area contributed by atoms with Gasteiger partial charge in [0.1, 0.15) is 0 Å². The molecule has 0 heterocycles. The van der Waals surface area contributed by atoms with Crippen molar-refractivity contribution in [1.82, 2.24) is 4.90 Å². The summed E-state index contributed by atoms with van der Waals surface area (Å²) in [6, 6.07) is 17.3. The van der Waals surface area contributed by atoms with E-state index in [1.807, 2.05) is 61.5 Å². The van der Waals surface area contributed by atoms with Crippen LogP contribution in [0.25, 0.3) is 5.70 Å². The van der Waals surface area contributed by atoms with Crippen molar-refractivity contribution in [2.24, 2.45) is 0 Å². The van der Waals surface area contributed by atoms with Gasteiger partial charge in [-0.1, -0.05) is 61.2 Å². The van der Waals surface area contributed by atoms with Gasteiger partial charge in [-0.05, 0) is 47.2 Å². The van der Waals surface area contributed by atoms with Gasteiger partial charge < -0.3 is 4.90 Å². The van der Waals surface area contributed by atoms with Gasteiger partial charge in [-0.2, -0.15) is 0 Å². The Hall–Kier alpha value is -1.88. The molecule has 0 aliphatic carbocycles. The van der Waals surface area contributed by atoms with E-state index in [1.165, 1.54) is 0 Å². The van der Waals surface area contributed by atoms with Crippen LogP contribution in [-0.2, 0) is 0 Å². The monoisotopic (exact) mass is 403 g/mol. The van der Waals surface area contributed by atoms with E-state index in [4.69, 9.17) is 0 Å². The molecule has 1 amide bonds. The first-order valence-electron chi connectivity index (χ1n) is 6.96. The molecule has 2 aromatic rings. The lowest BCUT2D eigenvalue weighted by molar-refractivity contribution is 0.0844. The van der Waals surface area contributed by atoms with Crippen molar-refractivity contribution in [2.45, 2.75) is 6.92 Å². The Labute approximate surface area is 145 Å². The molecular formula is C19H18INO. The summed E-state index contributed by atoms with van der Waals surface area (Å²) in [5.41, 5.74) is 3.22. The Morgan fingerprint density at radius 3 is 2.23 bits per heavy atom. The second-order valence-corrected chi connectivity index (χ2v) is 6.30. The molecule has 0 N–H and O–H groups in total. The lowest BCUT2D eigenvalue weighted by Crippen LogP contribution is -2.31. The molecule has 0 aliphatic rings. The zero-order valence-electron chi connectivity index (χ0n) is 12.6. The molecule has 0 aliphatic heterocycles. The number of carbonyl (C=O) groups excluding carboxylic acids is 1. The molecule has 0 unspecified atom stereocenters. The van der Waals surface area contributed by atoms with E-state index >= 15 is 0 Å². The molecule has 0 bridgehead atoms. The molecule has 0 atom stereocenters. The van der Waals surface area contributed by atoms with Gasteiger partial charge in [-0.25, -0.2) is 0 Å². The van der Waals surface area contributed by atoms with Crippen LogP contribution in [0.1, 0.15) is 22.8 Å². The van der Waals surface area contributed by atoms with Gasteiger partial charge in [0.05, 0.1) is 5.56 Å². The van der Waals surface area contributed by atoms with Gasteiger partial charge in [0, 0.05) is 15.8 Å². The predicted molar refractivity (Wildman–Crippen MR) is 100 cm³/mol. The summed E-state index contributed by atoms with van der Waals surface area (Å²) in [6.45, 7) is 10.4. The largest absolute Gasteiger partial charge is 0.304 e. The number of rotatable bonds is 5. The zero-order valence-corrected chi connectivity index (χ0v) is 14.7. The minimum Gasteiger partial charge on any atom is -0.304 e. The van der Waals surface area contributed by atoms with Crippen molar-refractivity contribution in [3.63, 3.8) is 0 Å². The molecule has 0 radical (unpaired) electrons. The van der Waals surface area contributed by atoms with E-state index in [1.54, 1.807) is 4.90 Å². The fourth-order valence-corrected chi connectivity index (χ4v) is 2.74. The number of amides is 1. The fraction of sp³-hybridized carbons (Fsp3) is 0.105. The molecule has 0 saturated carbocycles. The Morgan fingerprint density at radius 2 is 1.64 bits per heavy atom. The Morgan fingerprint density at radius 1 is 1.05 bits per heavy atom. The van der Waals surface area contributed by atoms with Gasteiger partial charge in [-0.3, -0.25) is 4.79 Å². The molecule has 2 rings (SSSR count). The van der Waals surface area contributed by atoms with E-state index in [0.717, 1.165) is 14.7 Å². The molecule has 2 aromatic carbocycles. The van der Waals surface area contributed by atoms with Crippen molar-refractivity contribution in [2.75, 3.05) is 6.54 Å². The van der Waals surface area contributed by atoms with Crippen LogP contribution in [0.3, 0.4) is 0 Å². The minimum atomic E-state index is -0.0538. The average Bonchev–Trinajstić information content (AvgIpc) is 2.52. The third-order valence-electron chi connectivity index (χ3n) is 3.21. The van der Waals surface area contributed by atoms with Crippen molar-refractivity contribution in [3.8, 4) is 0 Å². The lowest BCUT2D eigenvalue weighted by Gasteiger charge is -2.25. The summed E-state index contributed by atoms with van der Waals surface area (Å²) in [7, 11) is 0. The topological polar surface area (TPSA) is 20.3 Å². The quantitative estimate of drug-likeness (QED) is 0.510. The van der Waals surface area contributed by atoms with Crippen LogP contribution in [0.2, 0.25) is 0 Å². The van der Waals surface area contributed by atoms with Crippen molar-refractivity contribution in [3.05, 3.63) is 88.0 Å². The van der Waals surface area contributed by atoms with E-state index in [9.17, 15) is 4.79 Å². The van der Waals surface area contributed by atoms with Gasteiger partial charge in [-0.15, -0.1) is 0 Å². The van der Waals surface area contributed by atoms with Crippen LogP contribution in [0.4, 0.5) is 0 Å². The normalized spacial score (nSPS) is 10.1. The molecule has 22 heavy (non-hydrogen) atoms. The van der Waals surface area contributed by atoms with Crippen LogP contribution in [0, 0.1) is 3.57 Å². The molecule has 0 spiro atoms. The molecular weight excluding hydrogens is 385 g/mol. The Balaban J connectivity index is 2.38. The first kappa shape index (κ1) is 16.5. The van der Waals surface area contributed by atoms with Gasteiger partial charge in [0.15, 0.2) is 0 Å². The maximum atomic E-state index is 12.9. The third kappa shape index (κ3) is 3.85. The molecule has 2 nitrogen and oxygen atoms in total. The number of hydrogen-bond donors (Lipinski definition) is 0. The van der Waals surface area contributed by atoms with Crippen molar-refractivity contribution in [1.29, 1.82) is 0 Å². The maximum absolute atomic E-state index is 12.9. The first-order valence-corrected chi connectivity index (χ1v) is 8.03. The van der Waals surface area contributed by atoms with E-state index in [0.29, 0.717) is 17.8 Å². The highest BCUT2D eigenvalue weighted by molar-refractivity contribution is 14.1. The van der Waals surface area contributed by atoms with E-state index < -0.39 is 0 Å². The summed E-state index contributed by atoms with van der Waals surface area (Å²) in [5.74, 6) is -0.0538. The number of carbonyl (C=O) groups is 1. The Bertz CT molecular complexity index is 706. The summed E-state index contributed by atoms with van der Waals surface area (Å²) in [4.78, 5) is 14.6. The highest BCUT2D eigenvalue weighted by Crippen LogP contribution is 2.23. The number of halogens is 1. The van der Waals surface area contributed by atoms with Crippen molar-refractivity contribution < 1.29 is 4.79 Å². The predicted octanol–water partition coefficient (Wildman–Crippen LogP) is 4.98. The summed E-state index contributed by atoms with van der Waals surface area (Å²) in [5, 5.41) is 0. The fourth-order valence-electron chi connectivity index (χ4n) is 2.13. The van der Waals surface area contributed by atoms with Crippen LogP contribution in [0.5, 0.6) is 0 Å². The van der Waals surface area contributed by atoms with Crippen molar-refractivity contribution >= 4 is 34.2 Å². The second kappa shape index (κ2) is 7.40. The summed E-state index contributed by atoms with van der Waals surface area (Å²) < 4.78 is 0.928. The van der Waals surface area contributed by atoms with Crippen LogP contribution in [0.15, 0.2) is 73.3 Å². The minimum absolute atomic E-state index is 0.0538. The van der Waals surface area contributed by atoms with Crippen LogP contribution >= 0.6 is 22.6 Å². The van der Waals surface area contributed by atoms with Crippen LogP contribution in [-0.4, -0.2) is 17.4 Å². The Kier molecular flexibility index (Phi) is 5.55. The van der Waals surface area contributed by atoms with Gasteiger partial charge in [0.25, 0.3) is 5.91 Å². The molecule has 0 aromatic heterocycles. The summed E-state index contributed by atoms with van der Waals surface area (Å²) >= 11 is 2.18. The SMILES string of the molecule is C=C(C)CN(C(=C)c1ccccc1)C(=O)c1ccccc1I. The number of benzene rings is 2.